The van der Waals surface area contributed by atoms with Crippen LogP contribution in [-0.2, 0) is 0 Å². The summed E-state index contributed by atoms with van der Waals surface area (Å²) >= 11 is 2.31. The Hall–Kier alpha value is -0.110. The molecule has 0 saturated carbocycles. The van der Waals surface area contributed by atoms with Crippen molar-refractivity contribution >= 4 is 29.6 Å². The Morgan fingerprint density at radius 1 is 1.64 bits per heavy atom. The van der Waals surface area contributed by atoms with Crippen molar-refractivity contribution in [3.8, 4) is 0 Å². The summed E-state index contributed by atoms with van der Waals surface area (Å²) in [6.07, 6.45) is 0. The van der Waals surface area contributed by atoms with Crippen LogP contribution in [0.15, 0.2) is 0 Å². The number of rotatable bonds is 5. The molecule has 0 aliphatic carbocycles. The summed E-state index contributed by atoms with van der Waals surface area (Å²) in [5, 5.41) is 19.6. The van der Waals surface area contributed by atoms with Crippen LogP contribution in [0.25, 0.3) is 0 Å². The highest BCUT2D eigenvalue weighted by molar-refractivity contribution is 8.16. The summed E-state index contributed by atoms with van der Waals surface area (Å²) in [6.45, 7) is 0. The summed E-state index contributed by atoms with van der Waals surface area (Å²) in [5.74, 6) is 0.384. The number of primary amides is 1. The lowest BCUT2D eigenvalue weighted by Gasteiger charge is -2.02. The molecule has 0 rings (SSSR count). The van der Waals surface area contributed by atoms with E-state index < -0.39 is 11.7 Å². The molecular weight excluding hydrogens is 188 g/mol. The van der Waals surface area contributed by atoms with Crippen LogP contribution in [0.4, 0.5) is 4.79 Å². The van der Waals surface area contributed by atoms with Gasteiger partial charge in [-0.05, 0) is 0 Å². The molecule has 5 nitrogen and oxygen atoms in total. The van der Waals surface area contributed by atoms with Crippen LogP contribution in [0.2, 0.25) is 0 Å². The minimum Gasteiger partial charge on any atom is -0.360 e. The number of carbonyl (C=O) groups is 1. The van der Waals surface area contributed by atoms with Crippen molar-refractivity contribution in [1.82, 2.24) is 5.32 Å². The van der Waals surface area contributed by atoms with Crippen molar-refractivity contribution in [2.45, 2.75) is 5.62 Å². The van der Waals surface area contributed by atoms with E-state index in [1.165, 1.54) is 11.8 Å². The smallest absolute Gasteiger partial charge is 0.312 e. The van der Waals surface area contributed by atoms with Gasteiger partial charge < -0.3 is 21.3 Å². The van der Waals surface area contributed by atoms with Crippen molar-refractivity contribution in [3.05, 3.63) is 0 Å². The molecule has 0 aromatic rings. The quantitative estimate of drug-likeness (QED) is 0.346. The Morgan fingerprint density at radius 3 is 2.73 bits per heavy atom. The Labute approximate surface area is 72.7 Å². The topological polar surface area (TPSA) is 95.6 Å². The number of aliphatic hydroxyl groups excluding tert-OH is 1. The monoisotopic (exact) mass is 198 g/mol. The number of hydrogen-bond acceptors (Lipinski definition) is 5. The second-order valence-corrected chi connectivity index (χ2v) is 3.89. The maximum absolute atomic E-state index is 10.1. The first-order valence-corrected chi connectivity index (χ1v) is 4.92. The summed E-state index contributed by atoms with van der Waals surface area (Å²) in [4.78, 5) is 10.1. The minimum absolute atomic E-state index is 0.384. The molecule has 0 atom stereocenters. The molecule has 0 aliphatic rings. The maximum Gasteiger partial charge on any atom is 0.312 e. The third kappa shape index (κ3) is 9.89. The van der Waals surface area contributed by atoms with Gasteiger partial charge in [-0.3, -0.25) is 0 Å². The Morgan fingerprint density at radius 2 is 2.27 bits per heavy atom. The van der Waals surface area contributed by atoms with E-state index in [1.54, 1.807) is 0 Å². The molecule has 0 aromatic carbocycles. The third-order valence-electron chi connectivity index (χ3n) is 0.649. The zero-order chi connectivity index (χ0) is 8.69. The van der Waals surface area contributed by atoms with Gasteiger partial charge in [0, 0.05) is 5.08 Å². The predicted molar refractivity (Wildman–Crippen MR) is 45.9 cm³/mol. The number of urea groups is 1. The summed E-state index contributed by atoms with van der Waals surface area (Å²) in [6, 6.07) is -0.577. The van der Waals surface area contributed by atoms with E-state index in [4.69, 9.17) is 15.9 Å². The third-order valence-corrected chi connectivity index (χ3v) is 2.51. The van der Waals surface area contributed by atoms with Crippen LogP contribution in [0, 0.1) is 0 Å². The van der Waals surface area contributed by atoms with E-state index in [2.05, 4.69) is 5.32 Å². The molecule has 0 heterocycles. The molecule has 2 amide bonds. The van der Waals surface area contributed by atoms with Gasteiger partial charge >= 0.3 is 6.03 Å². The molecular formula is C4H10N2O3S2. The molecule has 7 heteroatoms. The molecule has 11 heavy (non-hydrogen) atoms. The van der Waals surface area contributed by atoms with Gasteiger partial charge in [-0.2, -0.15) is 0 Å². The number of amides is 2. The van der Waals surface area contributed by atoms with Gasteiger partial charge in [-0.15, -0.1) is 11.8 Å². The number of thioether (sulfide) groups is 2. The summed E-state index contributed by atoms with van der Waals surface area (Å²) in [7, 11) is 0. The van der Waals surface area contributed by atoms with Crippen molar-refractivity contribution in [2.24, 2.45) is 5.73 Å². The van der Waals surface area contributed by atoms with Gasteiger partial charge in [0.2, 0.25) is 5.62 Å². The second-order valence-electron chi connectivity index (χ2n) is 1.50. The van der Waals surface area contributed by atoms with Gasteiger partial charge in [-0.1, -0.05) is 11.8 Å². The van der Waals surface area contributed by atoms with Crippen LogP contribution < -0.4 is 11.1 Å². The molecule has 0 fully saturated rings. The predicted octanol–water partition coefficient (Wildman–Crippen LogP) is -0.696. The first kappa shape index (κ1) is 10.9. The van der Waals surface area contributed by atoms with Crippen LogP contribution >= 0.6 is 23.5 Å². The average Bonchev–Trinajstić information content (AvgIpc) is 1.85. The van der Waals surface area contributed by atoms with Crippen molar-refractivity contribution < 1.29 is 15.0 Å². The largest absolute Gasteiger partial charge is 0.360 e. The van der Waals surface area contributed by atoms with Crippen LogP contribution in [-0.4, -0.2) is 32.8 Å². The van der Waals surface area contributed by atoms with Crippen molar-refractivity contribution in [2.75, 3.05) is 11.0 Å². The van der Waals surface area contributed by atoms with Crippen LogP contribution in [0.3, 0.4) is 0 Å². The molecule has 0 radical (unpaired) electrons. The molecule has 0 spiro atoms. The molecule has 0 aromatic heterocycles. The van der Waals surface area contributed by atoms with Crippen LogP contribution in [0.5, 0.6) is 0 Å². The number of nitrogens with one attached hydrogen (secondary N) is 1. The zero-order valence-corrected chi connectivity index (χ0v) is 7.32. The lowest BCUT2D eigenvalue weighted by molar-refractivity contribution is 0.0408. The molecule has 0 aliphatic heterocycles. The lowest BCUT2D eigenvalue weighted by Crippen LogP contribution is -2.28. The first-order chi connectivity index (χ1) is 5.13. The molecule has 0 bridgehead atoms. The van der Waals surface area contributed by atoms with E-state index in [-0.39, 0.29) is 0 Å². The van der Waals surface area contributed by atoms with Gasteiger partial charge in [0.15, 0.2) is 0 Å². The number of hydrogen-bond donors (Lipinski definition) is 4. The van der Waals surface area contributed by atoms with Gasteiger partial charge in [-0.25, -0.2) is 4.79 Å². The molecule has 0 saturated heterocycles. The van der Waals surface area contributed by atoms with E-state index in [1.807, 2.05) is 0 Å². The SMILES string of the molecule is NC(=O)NCSCSC(O)O. The van der Waals surface area contributed by atoms with Crippen LogP contribution in [0.1, 0.15) is 0 Å². The van der Waals surface area contributed by atoms with E-state index in [0.29, 0.717) is 11.0 Å². The number of carbonyl (C=O) groups excluding carboxylic acids is 1. The van der Waals surface area contributed by atoms with E-state index >= 15 is 0 Å². The van der Waals surface area contributed by atoms with Gasteiger partial charge in [0.1, 0.15) is 0 Å². The number of aliphatic hydroxyl groups is 2. The Kier molecular flexibility index (Phi) is 6.52. The Balaban J connectivity index is 2.97. The highest BCUT2D eigenvalue weighted by atomic mass is 32.2. The minimum atomic E-state index is -1.35. The number of nitrogens with two attached hydrogens (primary N) is 1. The Bertz CT molecular complexity index is 122. The second kappa shape index (κ2) is 6.59. The maximum atomic E-state index is 10.1. The molecule has 66 valence electrons. The fourth-order valence-corrected chi connectivity index (χ4v) is 1.72. The fraction of sp³-hybridized carbons (Fsp3) is 0.750. The standard InChI is InChI=1S/C4H10N2O3S2/c5-3(7)6-1-10-2-11-4(8)9/h4,8-9H,1-2H2,(H3,5,6,7). The fourth-order valence-electron chi connectivity index (χ4n) is 0.273. The average molecular weight is 198 g/mol. The molecule has 5 N–H and O–H groups in total. The van der Waals surface area contributed by atoms with Gasteiger partial charge in [0.25, 0.3) is 0 Å². The normalized spacial score (nSPS) is 10.1. The first-order valence-electron chi connectivity index (χ1n) is 2.71. The summed E-state index contributed by atoms with van der Waals surface area (Å²) in [5.41, 5.74) is 3.41. The van der Waals surface area contributed by atoms with Crippen molar-refractivity contribution in [1.29, 1.82) is 0 Å². The zero-order valence-electron chi connectivity index (χ0n) is 5.69. The van der Waals surface area contributed by atoms with Gasteiger partial charge in [0.05, 0.1) is 5.88 Å². The summed E-state index contributed by atoms with van der Waals surface area (Å²) < 4.78 is 0. The van der Waals surface area contributed by atoms with E-state index in [9.17, 15) is 4.79 Å². The highest BCUT2D eigenvalue weighted by Gasteiger charge is 1.97. The lowest BCUT2D eigenvalue weighted by atomic mass is 11.0. The highest BCUT2D eigenvalue weighted by Crippen LogP contribution is 2.12. The van der Waals surface area contributed by atoms with Crippen molar-refractivity contribution in [3.63, 3.8) is 0 Å². The molecule has 0 unspecified atom stereocenters. The van der Waals surface area contributed by atoms with E-state index in [0.717, 1.165) is 11.8 Å².